The lowest BCUT2D eigenvalue weighted by Gasteiger charge is -2.35. The SMILES string of the molecule is COc1ccccc1OCc1cccc(C(=O)N2CCN(Cc3ccc(Cl)cc3Cl)CC2)c1. The van der Waals surface area contributed by atoms with Gasteiger partial charge in [-0.25, -0.2) is 0 Å². The first-order valence-electron chi connectivity index (χ1n) is 10.8. The van der Waals surface area contributed by atoms with Gasteiger partial charge in [0.2, 0.25) is 0 Å². The Hall–Kier alpha value is -2.73. The van der Waals surface area contributed by atoms with Gasteiger partial charge in [-0.15, -0.1) is 0 Å². The number of carbonyl (C=O) groups excluding carboxylic acids is 1. The van der Waals surface area contributed by atoms with Crippen LogP contribution in [0, 0.1) is 0 Å². The highest BCUT2D eigenvalue weighted by Crippen LogP contribution is 2.27. The molecule has 1 aliphatic heterocycles. The summed E-state index contributed by atoms with van der Waals surface area (Å²) < 4.78 is 11.2. The van der Waals surface area contributed by atoms with E-state index < -0.39 is 0 Å². The Balaban J connectivity index is 1.33. The van der Waals surface area contributed by atoms with Crippen LogP contribution in [0.25, 0.3) is 0 Å². The molecule has 172 valence electrons. The summed E-state index contributed by atoms with van der Waals surface area (Å²) in [7, 11) is 1.62. The first-order chi connectivity index (χ1) is 16.0. The molecule has 0 spiro atoms. The lowest BCUT2D eigenvalue weighted by Crippen LogP contribution is -2.48. The molecule has 0 radical (unpaired) electrons. The van der Waals surface area contributed by atoms with Crippen LogP contribution >= 0.6 is 23.2 Å². The van der Waals surface area contributed by atoms with Crippen molar-refractivity contribution in [1.29, 1.82) is 0 Å². The topological polar surface area (TPSA) is 42.0 Å². The molecule has 0 aromatic heterocycles. The van der Waals surface area contributed by atoms with Crippen molar-refractivity contribution in [2.24, 2.45) is 0 Å². The van der Waals surface area contributed by atoms with Gasteiger partial charge in [-0.1, -0.05) is 53.5 Å². The lowest BCUT2D eigenvalue weighted by atomic mass is 10.1. The van der Waals surface area contributed by atoms with Crippen LogP contribution in [0.4, 0.5) is 0 Å². The number of benzene rings is 3. The highest BCUT2D eigenvalue weighted by molar-refractivity contribution is 6.35. The maximum Gasteiger partial charge on any atom is 0.253 e. The second-order valence-electron chi connectivity index (χ2n) is 7.94. The third kappa shape index (κ3) is 5.99. The van der Waals surface area contributed by atoms with E-state index in [-0.39, 0.29) is 5.91 Å². The molecule has 0 aliphatic carbocycles. The molecule has 1 aliphatic rings. The summed E-state index contributed by atoms with van der Waals surface area (Å²) in [4.78, 5) is 17.3. The van der Waals surface area contributed by atoms with Gasteiger partial charge in [0.05, 0.1) is 7.11 Å². The first-order valence-corrected chi connectivity index (χ1v) is 11.6. The molecule has 33 heavy (non-hydrogen) atoms. The zero-order chi connectivity index (χ0) is 23.2. The third-order valence-corrected chi connectivity index (χ3v) is 6.29. The third-order valence-electron chi connectivity index (χ3n) is 5.71. The van der Waals surface area contributed by atoms with Gasteiger partial charge in [-0.05, 0) is 47.5 Å². The highest BCUT2D eigenvalue weighted by Gasteiger charge is 2.23. The largest absolute Gasteiger partial charge is 0.493 e. The monoisotopic (exact) mass is 484 g/mol. The molecule has 1 saturated heterocycles. The average Bonchev–Trinajstić information content (AvgIpc) is 2.85. The van der Waals surface area contributed by atoms with E-state index in [0.717, 1.165) is 30.8 Å². The van der Waals surface area contributed by atoms with Crippen LogP contribution in [0.5, 0.6) is 11.5 Å². The highest BCUT2D eigenvalue weighted by atomic mass is 35.5. The van der Waals surface area contributed by atoms with Crippen LogP contribution in [-0.2, 0) is 13.2 Å². The second-order valence-corrected chi connectivity index (χ2v) is 8.79. The van der Waals surface area contributed by atoms with Gasteiger partial charge in [0.1, 0.15) is 6.61 Å². The normalized spacial score (nSPS) is 14.2. The predicted octanol–water partition coefficient (Wildman–Crippen LogP) is 5.54. The van der Waals surface area contributed by atoms with Gasteiger partial charge >= 0.3 is 0 Å². The summed E-state index contributed by atoms with van der Waals surface area (Å²) in [6.07, 6.45) is 0. The Morgan fingerprint density at radius 2 is 1.67 bits per heavy atom. The van der Waals surface area contributed by atoms with Crippen LogP contribution in [-0.4, -0.2) is 49.0 Å². The summed E-state index contributed by atoms with van der Waals surface area (Å²) in [6, 6.07) is 20.7. The van der Waals surface area contributed by atoms with Crippen molar-refractivity contribution in [2.75, 3.05) is 33.3 Å². The quantitative estimate of drug-likeness (QED) is 0.441. The van der Waals surface area contributed by atoms with Crippen molar-refractivity contribution in [3.8, 4) is 11.5 Å². The van der Waals surface area contributed by atoms with Crippen LogP contribution in [0.2, 0.25) is 10.0 Å². The van der Waals surface area contributed by atoms with Gasteiger partial charge in [-0.2, -0.15) is 0 Å². The van der Waals surface area contributed by atoms with E-state index in [4.69, 9.17) is 32.7 Å². The molecule has 0 unspecified atom stereocenters. The molecule has 3 aromatic rings. The standard InChI is InChI=1S/C26H26Cl2N2O3/c1-32-24-7-2-3-8-25(24)33-18-19-5-4-6-20(15-19)26(31)30-13-11-29(12-14-30)17-21-9-10-22(27)16-23(21)28/h2-10,15-16H,11-14,17-18H2,1H3. The number of hydrogen-bond acceptors (Lipinski definition) is 4. The van der Waals surface area contributed by atoms with Crippen LogP contribution in [0.15, 0.2) is 66.7 Å². The fourth-order valence-corrected chi connectivity index (χ4v) is 4.34. The molecule has 1 heterocycles. The molecule has 0 atom stereocenters. The van der Waals surface area contributed by atoms with Crippen molar-refractivity contribution in [3.63, 3.8) is 0 Å². The minimum atomic E-state index is 0.0401. The van der Waals surface area contributed by atoms with Crippen LogP contribution < -0.4 is 9.47 Å². The Morgan fingerprint density at radius 3 is 2.39 bits per heavy atom. The lowest BCUT2D eigenvalue weighted by molar-refractivity contribution is 0.0628. The minimum Gasteiger partial charge on any atom is -0.493 e. The molecule has 0 bridgehead atoms. The fourth-order valence-electron chi connectivity index (χ4n) is 3.88. The van der Waals surface area contributed by atoms with Crippen molar-refractivity contribution in [1.82, 2.24) is 9.80 Å². The number of methoxy groups -OCH3 is 1. The number of nitrogens with zero attached hydrogens (tertiary/aromatic N) is 2. The van der Waals surface area contributed by atoms with Crippen molar-refractivity contribution < 1.29 is 14.3 Å². The summed E-state index contributed by atoms with van der Waals surface area (Å²) in [6.45, 7) is 4.03. The zero-order valence-electron chi connectivity index (χ0n) is 18.5. The maximum atomic E-state index is 13.1. The molecule has 0 saturated carbocycles. The second kappa shape index (κ2) is 10.9. The fraction of sp³-hybridized carbons (Fsp3) is 0.269. The molecule has 3 aromatic carbocycles. The van der Waals surface area contributed by atoms with Crippen molar-refractivity contribution in [3.05, 3.63) is 93.5 Å². The number of para-hydroxylation sites is 2. The van der Waals surface area contributed by atoms with E-state index in [1.165, 1.54) is 0 Å². The van der Waals surface area contributed by atoms with Gasteiger partial charge in [0.25, 0.3) is 5.91 Å². The molecular formula is C26H26Cl2N2O3. The van der Waals surface area contributed by atoms with E-state index >= 15 is 0 Å². The predicted molar refractivity (Wildman–Crippen MR) is 131 cm³/mol. The van der Waals surface area contributed by atoms with E-state index in [1.807, 2.05) is 65.6 Å². The summed E-state index contributed by atoms with van der Waals surface area (Å²) in [5.41, 5.74) is 2.65. The van der Waals surface area contributed by atoms with Gasteiger partial charge in [-0.3, -0.25) is 9.69 Å². The Morgan fingerprint density at radius 1 is 0.909 bits per heavy atom. The summed E-state index contributed by atoms with van der Waals surface area (Å²) in [5, 5.41) is 1.31. The van der Waals surface area contributed by atoms with E-state index in [1.54, 1.807) is 13.2 Å². The smallest absolute Gasteiger partial charge is 0.253 e. The number of hydrogen-bond donors (Lipinski definition) is 0. The zero-order valence-corrected chi connectivity index (χ0v) is 20.0. The summed E-state index contributed by atoms with van der Waals surface area (Å²) in [5.74, 6) is 1.40. The van der Waals surface area contributed by atoms with Crippen molar-refractivity contribution >= 4 is 29.1 Å². The van der Waals surface area contributed by atoms with E-state index in [9.17, 15) is 4.79 Å². The van der Waals surface area contributed by atoms with Crippen molar-refractivity contribution in [2.45, 2.75) is 13.2 Å². The number of halogens is 2. The van der Waals surface area contributed by atoms with Gasteiger partial charge < -0.3 is 14.4 Å². The number of piperazine rings is 1. The maximum absolute atomic E-state index is 13.1. The number of carbonyl (C=O) groups is 1. The molecule has 1 amide bonds. The van der Waals surface area contributed by atoms with Crippen LogP contribution in [0.3, 0.4) is 0 Å². The van der Waals surface area contributed by atoms with Crippen LogP contribution in [0.1, 0.15) is 21.5 Å². The molecule has 1 fully saturated rings. The average molecular weight is 485 g/mol. The van der Waals surface area contributed by atoms with E-state index in [0.29, 0.717) is 46.8 Å². The summed E-state index contributed by atoms with van der Waals surface area (Å²) >= 11 is 12.3. The first kappa shape index (κ1) is 23.4. The molecular weight excluding hydrogens is 459 g/mol. The van der Waals surface area contributed by atoms with E-state index in [2.05, 4.69) is 4.90 Å². The number of rotatable bonds is 7. The molecule has 0 N–H and O–H groups in total. The molecule has 7 heteroatoms. The Labute approximate surface area is 204 Å². The Kier molecular flexibility index (Phi) is 7.76. The number of amides is 1. The van der Waals surface area contributed by atoms with Gasteiger partial charge in [0.15, 0.2) is 11.5 Å². The van der Waals surface area contributed by atoms with Gasteiger partial charge in [0, 0.05) is 48.3 Å². The molecule has 4 rings (SSSR count). The molecule has 5 nitrogen and oxygen atoms in total. The Bertz CT molecular complexity index is 1110. The minimum absolute atomic E-state index is 0.0401. The number of ether oxygens (including phenoxy) is 2.